The molecule has 1 aromatic carbocycles. The molecule has 2 N–H and O–H groups in total. The minimum atomic E-state index is -0.428. The van der Waals surface area contributed by atoms with Crippen LogP contribution >= 0.6 is 15.9 Å². The van der Waals surface area contributed by atoms with E-state index in [1.165, 1.54) is 0 Å². The van der Waals surface area contributed by atoms with Crippen molar-refractivity contribution in [2.24, 2.45) is 0 Å². The van der Waals surface area contributed by atoms with Gasteiger partial charge in [0.05, 0.1) is 10.0 Å². The number of aryl methyl sites for hydroxylation is 1. The predicted octanol–water partition coefficient (Wildman–Crippen LogP) is 2.32. The minimum absolute atomic E-state index is 0.118. The normalized spacial score (nSPS) is 13.8. The smallest absolute Gasteiger partial charge is 0.339 e. The van der Waals surface area contributed by atoms with Crippen molar-refractivity contribution in [3.63, 3.8) is 0 Å². The molecule has 1 aliphatic rings. The van der Waals surface area contributed by atoms with Gasteiger partial charge in [0.1, 0.15) is 5.82 Å². The summed E-state index contributed by atoms with van der Waals surface area (Å²) in [7, 11) is 0. The second-order valence-electron chi connectivity index (χ2n) is 4.93. The predicted molar refractivity (Wildman–Crippen MR) is 80.6 cm³/mol. The molecular weight excluding hydrogens is 336 g/mol. The number of rotatable bonds is 3. The van der Waals surface area contributed by atoms with E-state index in [0.29, 0.717) is 21.5 Å². The molecule has 2 heterocycles. The molecule has 0 radical (unpaired) electrons. The molecular formula is C14H15BrN4O2. The van der Waals surface area contributed by atoms with Crippen LogP contribution in [0.1, 0.15) is 34.8 Å². The highest BCUT2D eigenvalue weighted by Gasteiger charge is 2.18. The summed E-state index contributed by atoms with van der Waals surface area (Å²) in [5, 5.41) is 8.23. The Hall–Kier alpha value is -1.89. The number of nitrogen functional groups attached to an aromatic ring is 1. The van der Waals surface area contributed by atoms with Crippen molar-refractivity contribution in [2.45, 2.75) is 32.4 Å². The summed E-state index contributed by atoms with van der Waals surface area (Å²) in [6.07, 6.45) is 3.17. The van der Waals surface area contributed by atoms with Crippen molar-refractivity contribution >= 4 is 27.6 Å². The van der Waals surface area contributed by atoms with Crippen LogP contribution in [0.25, 0.3) is 0 Å². The maximum atomic E-state index is 12.1. The molecule has 21 heavy (non-hydrogen) atoms. The number of halogens is 1. The third-order valence-corrected chi connectivity index (χ3v) is 4.40. The molecule has 0 amide bonds. The van der Waals surface area contributed by atoms with Gasteiger partial charge in [0.25, 0.3) is 0 Å². The van der Waals surface area contributed by atoms with E-state index in [4.69, 9.17) is 10.5 Å². The lowest BCUT2D eigenvalue weighted by atomic mass is 10.2. The molecule has 3 rings (SSSR count). The van der Waals surface area contributed by atoms with Gasteiger partial charge < -0.3 is 15.0 Å². The number of anilines is 1. The Labute approximate surface area is 130 Å². The molecule has 1 aromatic heterocycles. The van der Waals surface area contributed by atoms with E-state index in [1.807, 2.05) is 4.57 Å². The molecule has 6 nitrogen and oxygen atoms in total. The van der Waals surface area contributed by atoms with Gasteiger partial charge in [-0.1, -0.05) is 6.07 Å². The first kappa shape index (κ1) is 14.1. The summed E-state index contributed by atoms with van der Waals surface area (Å²) >= 11 is 3.30. The number of nitrogens with two attached hydrogens (primary N) is 1. The number of benzene rings is 1. The van der Waals surface area contributed by atoms with Crippen molar-refractivity contribution < 1.29 is 9.53 Å². The number of nitrogens with zero attached hydrogens (tertiary/aromatic N) is 3. The van der Waals surface area contributed by atoms with Gasteiger partial charge in [0, 0.05) is 18.7 Å². The van der Waals surface area contributed by atoms with Crippen LogP contribution in [0.2, 0.25) is 0 Å². The Bertz CT molecular complexity index is 684. The molecule has 0 bridgehead atoms. The highest BCUT2D eigenvalue weighted by atomic mass is 79.9. The Morgan fingerprint density at radius 3 is 3.10 bits per heavy atom. The van der Waals surface area contributed by atoms with E-state index in [9.17, 15) is 4.79 Å². The molecule has 7 heteroatoms. The number of fused-ring (bicyclic) bond motifs is 1. The molecule has 110 valence electrons. The van der Waals surface area contributed by atoms with Gasteiger partial charge in [-0.25, -0.2) is 4.79 Å². The molecule has 0 atom stereocenters. The fourth-order valence-electron chi connectivity index (χ4n) is 2.39. The summed E-state index contributed by atoms with van der Waals surface area (Å²) in [4.78, 5) is 12.1. The number of hydrogen-bond donors (Lipinski definition) is 1. The standard InChI is InChI=1S/C14H15BrN4O2/c15-13-9(4-3-5-10(13)16)14(20)21-8-12-18-17-11-6-1-2-7-19(11)12/h3-5H,1-2,6-8,16H2. The topological polar surface area (TPSA) is 83.0 Å². The summed E-state index contributed by atoms with van der Waals surface area (Å²) in [6, 6.07) is 5.10. The van der Waals surface area contributed by atoms with Crippen molar-refractivity contribution in [1.29, 1.82) is 0 Å². The zero-order chi connectivity index (χ0) is 14.8. The quantitative estimate of drug-likeness (QED) is 0.678. The highest BCUT2D eigenvalue weighted by Crippen LogP contribution is 2.24. The van der Waals surface area contributed by atoms with E-state index in [0.717, 1.165) is 31.6 Å². The van der Waals surface area contributed by atoms with Crippen molar-refractivity contribution in [2.75, 3.05) is 5.73 Å². The molecule has 0 aliphatic carbocycles. The first-order valence-corrected chi connectivity index (χ1v) is 7.58. The number of carbonyl (C=O) groups excluding carboxylic acids is 1. The number of aromatic nitrogens is 3. The third-order valence-electron chi connectivity index (χ3n) is 3.52. The van der Waals surface area contributed by atoms with Gasteiger partial charge in [-0.2, -0.15) is 0 Å². The Morgan fingerprint density at radius 2 is 2.24 bits per heavy atom. The van der Waals surface area contributed by atoms with E-state index < -0.39 is 5.97 Å². The zero-order valence-corrected chi connectivity index (χ0v) is 13.0. The van der Waals surface area contributed by atoms with Crippen LogP contribution in [0, 0.1) is 0 Å². The van der Waals surface area contributed by atoms with Crippen LogP contribution in [-0.4, -0.2) is 20.7 Å². The average molecular weight is 351 g/mol. The lowest BCUT2D eigenvalue weighted by Crippen LogP contribution is -2.15. The van der Waals surface area contributed by atoms with E-state index in [1.54, 1.807) is 18.2 Å². The third kappa shape index (κ3) is 2.78. The number of ether oxygens (including phenoxy) is 1. The fourth-order valence-corrected chi connectivity index (χ4v) is 2.82. The van der Waals surface area contributed by atoms with Gasteiger partial charge in [-0.15, -0.1) is 10.2 Å². The summed E-state index contributed by atoms with van der Waals surface area (Å²) in [5.41, 5.74) is 6.67. The van der Waals surface area contributed by atoms with Crippen LogP contribution in [0.15, 0.2) is 22.7 Å². The first-order valence-electron chi connectivity index (χ1n) is 6.79. The fraction of sp³-hybridized carbons (Fsp3) is 0.357. The van der Waals surface area contributed by atoms with E-state index in [-0.39, 0.29) is 6.61 Å². The lowest BCUT2D eigenvalue weighted by molar-refractivity contribution is 0.0455. The van der Waals surface area contributed by atoms with Crippen LogP contribution in [0.4, 0.5) is 5.69 Å². The summed E-state index contributed by atoms with van der Waals surface area (Å²) < 4.78 is 7.91. The number of hydrogen-bond acceptors (Lipinski definition) is 5. The molecule has 2 aromatic rings. The Balaban J connectivity index is 1.71. The highest BCUT2D eigenvalue weighted by molar-refractivity contribution is 9.10. The maximum Gasteiger partial charge on any atom is 0.339 e. The molecule has 0 spiro atoms. The maximum absolute atomic E-state index is 12.1. The van der Waals surface area contributed by atoms with Crippen LogP contribution in [-0.2, 0) is 24.3 Å². The molecule has 0 unspecified atom stereocenters. The van der Waals surface area contributed by atoms with E-state index in [2.05, 4.69) is 26.1 Å². The first-order chi connectivity index (χ1) is 10.2. The second kappa shape index (κ2) is 5.85. The summed E-state index contributed by atoms with van der Waals surface area (Å²) in [5.74, 6) is 1.23. The number of esters is 1. The molecule has 0 fully saturated rings. The monoisotopic (exact) mass is 350 g/mol. The average Bonchev–Trinajstić information content (AvgIpc) is 2.91. The van der Waals surface area contributed by atoms with E-state index >= 15 is 0 Å². The van der Waals surface area contributed by atoms with Gasteiger partial charge >= 0.3 is 5.97 Å². The van der Waals surface area contributed by atoms with Crippen molar-refractivity contribution in [3.05, 3.63) is 39.9 Å². The van der Waals surface area contributed by atoms with Gasteiger partial charge in [-0.05, 0) is 40.9 Å². The van der Waals surface area contributed by atoms with Gasteiger partial charge in [-0.3, -0.25) is 0 Å². The number of carbonyl (C=O) groups is 1. The van der Waals surface area contributed by atoms with Crippen LogP contribution in [0.5, 0.6) is 0 Å². The lowest BCUT2D eigenvalue weighted by Gasteiger charge is -2.14. The largest absolute Gasteiger partial charge is 0.454 e. The second-order valence-corrected chi connectivity index (χ2v) is 5.72. The van der Waals surface area contributed by atoms with Crippen molar-refractivity contribution in [1.82, 2.24) is 14.8 Å². The molecule has 1 aliphatic heterocycles. The van der Waals surface area contributed by atoms with Crippen LogP contribution in [0.3, 0.4) is 0 Å². The minimum Gasteiger partial charge on any atom is -0.454 e. The molecule has 0 saturated carbocycles. The van der Waals surface area contributed by atoms with Gasteiger partial charge in [0.15, 0.2) is 12.4 Å². The molecule has 0 saturated heterocycles. The van der Waals surface area contributed by atoms with Gasteiger partial charge in [0.2, 0.25) is 0 Å². The SMILES string of the molecule is Nc1cccc(C(=O)OCc2nnc3n2CCCC3)c1Br. The Kier molecular flexibility index (Phi) is 3.92. The van der Waals surface area contributed by atoms with Crippen molar-refractivity contribution in [3.8, 4) is 0 Å². The zero-order valence-electron chi connectivity index (χ0n) is 11.4. The summed E-state index contributed by atoms with van der Waals surface area (Å²) in [6.45, 7) is 1.00. The van der Waals surface area contributed by atoms with Crippen LogP contribution < -0.4 is 5.73 Å². The Morgan fingerprint density at radius 1 is 1.38 bits per heavy atom.